The van der Waals surface area contributed by atoms with Gasteiger partial charge in [0.15, 0.2) is 11.5 Å². The molecule has 0 saturated heterocycles. The second kappa shape index (κ2) is 8.19. The summed E-state index contributed by atoms with van der Waals surface area (Å²) in [5.41, 5.74) is 2.09. The molecule has 132 valence electrons. The number of anilines is 1. The maximum Gasteiger partial charge on any atom is 0.340 e. The first-order valence-electron chi connectivity index (χ1n) is 7.78. The van der Waals surface area contributed by atoms with Gasteiger partial charge in [0.1, 0.15) is 0 Å². The number of aryl methyl sites for hydroxylation is 1. The van der Waals surface area contributed by atoms with Crippen LogP contribution in [0.2, 0.25) is 0 Å². The lowest BCUT2D eigenvalue weighted by molar-refractivity contribution is 0.0601. The van der Waals surface area contributed by atoms with Gasteiger partial charge >= 0.3 is 5.97 Å². The number of methoxy groups -OCH3 is 3. The molecule has 0 atom stereocenters. The molecule has 2 rings (SSSR count). The monoisotopic (exact) mass is 343 g/mol. The number of benzene rings is 2. The van der Waals surface area contributed by atoms with Gasteiger partial charge in [-0.05, 0) is 24.1 Å². The highest BCUT2D eigenvalue weighted by atomic mass is 16.5. The van der Waals surface area contributed by atoms with Crippen LogP contribution in [0.15, 0.2) is 36.4 Å². The Morgan fingerprint density at radius 1 is 0.960 bits per heavy atom. The number of carbonyl (C=O) groups excluding carboxylic acids is 2. The number of hydrogen-bond donors (Lipinski definition) is 1. The van der Waals surface area contributed by atoms with Crippen molar-refractivity contribution in [1.82, 2.24) is 0 Å². The van der Waals surface area contributed by atoms with E-state index in [0.29, 0.717) is 17.1 Å². The van der Waals surface area contributed by atoms with Crippen molar-refractivity contribution in [2.75, 3.05) is 26.6 Å². The summed E-state index contributed by atoms with van der Waals surface area (Å²) in [7, 11) is 4.21. The Morgan fingerprint density at radius 3 is 2.08 bits per heavy atom. The van der Waals surface area contributed by atoms with Crippen molar-refractivity contribution in [2.45, 2.75) is 13.3 Å². The number of nitrogens with one attached hydrogen (secondary N) is 1. The second-order valence-electron chi connectivity index (χ2n) is 5.25. The average molecular weight is 343 g/mol. The number of esters is 1. The zero-order valence-corrected chi connectivity index (χ0v) is 14.7. The standard InChI is InChI=1S/C19H21NO5/c1-5-12-6-8-13(9-7-12)18(21)20-15-11-17(24-3)16(23-2)10-14(15)19(22)25-4/h6-11H,5H2,1-4H3,(H,20,21). The van der Waals surface area contributed by atoms with Gasteiger partial charge in [-0.1, -0.05) is 19.1 Å². The van der Waals surface area contributed by atoms with Gasteiger partial charge in [-0.2, -0.15) is 0 Å². The summed E-state index contributed by atoms with van der Waals surface area (Å²) < 4.78 is 15.2. The SMILES string of the molecule is CCc1ccc(C(=O)Nc2cc(OC)c(OC)cc2C(=O)OC)cc1. The number of amides is 1. The maximum absolute atomic E-state index is 12.5. The molecule has 2 aromatic rings. The van der Waals surface area contributed by atoms with Crippen molar-refractivity contribution in [2.24, 2.45) is 0 Å². The molecule has 6 heteroatoms. The van der Waals surface area contributed by atoms with E-state index in [2.05, 4.69) is 5.32 Å². The molecule has 0 heterocycles. The van der Waals surface area contributed by atoms with E-state index >= 15 is 0 Å². The van der Waals surface area contributed by atoms with Crippen molar-refractivity contribution in [3.63, 3.8) is 0 Å². The number of hydrogen-bond acceptors (Lipinski definition) is 5. The average Bonchev–Trinajstić information content (AvgIpc) is 2.66. The zero-order valence-electron chi connectivity index (χ0n) is 14.7. The maximum atomic E-state index is 12.5. The summed E-state index contributed by atoms with van der Waals surface area (Å²) in [6, 6.07) is 10.3. The minimum Gasteiger partial charge on any atom is -0.493 e. The topological polar surface area (TPSA) is 73.9 Å². The summed E-state index contributed by atoms with van der Waals surface area (Å²) >= 11 is 0. The molecule has 0 saturated carbocycles. The molecule has 0 fully saturated rings. The highest BCUT2D eigenvalue weighted by Crippen LogP contribution is 2.34. The summed E-state index contributed by atoms with van der Waals surface area (Å²) in [6.45, 7) is 2.04. The van der Waals surface area contributed by atoms with Crippen molar-refractivity contribution >= 4 is 17.6 Å². The molecule has 0 aromatic heterocycles. The van der Waals surface area contributed by atoms with Gasteiger partial charge in [-0.3, -0.25) is 4.79 Å². The highest BCUT2D eigenvalue weighted by Gasteiger charge is 2.19. The molecule has 0 spiro atoms. The van der Waals surface area contributed by atoms with Crippen LogP contribution >= 0.6 is 0 Å². The Morgan fingerprint density at radius 2 is 1.56 bits per heavy atom. The van der Waals surface area contributed by atoms with Gasteiger partial charge in [0, 0.05) is 17.7 Å². The van der Waals surface area contributed by atoms with E-state index in [1.54, 1.807) is 12.1 Å². The van der Waals surface area contributed by atoms with E-state index in [1.807, 2.05) is 19.1 Å². The smallest absolute Gasteiger partial charge is 0.340 e. The molecule has 2 aromatic carbocycles. The largest absolute Gasteiger partial charge is 0.493 e. The fourth-order valence-corrected chi connectivity index (χ4v) is 2.35. The predicted molar refractivity (Wildman–Crippen MR) is 94.7 cm³/mol. The summed E-state index contributed by atoms with van der Waals surface area (Å²) in [5, 5.41) is 2.73. The molecule has 0 radical (unpaired) electrons. The van der Waals surface area contributed by atoms with Crippen LogP contribution in [0.3, 0.4) is 0 Å². The van der Waals surface area contributed by atoms with Gasteiger partial charge in [0.2, 0.25) is 0 Å². The predicted octanol–water partition coefficient (Wildman–Crippen LogP) is 3.31. The molecule has 1 amide bonds. The molecule has 1 N–H and O–H groups in total. The summed E-state index contributed by atoms with van der Waals surface area (Å²) in [4.78, 5) is 24.5. The third-order valence-corrected chi connectivity index (χ3v) is 3.80. The highest BCUT2D eigenvalue weighted by molar-refractivity contribution is 6.08. The van der Waals surface area contributed by atoms with Crippen LogP contribution in [0.5, 0.6) is 11.5 Å². The molecule has 25 heavy (non-hydrogen) atoms. The zero-order chi connectivity index (χ0) is 18.4. The van der Waals surface area contributed by atoms with E-state index in [4.69, 9.17) is 14.2 Å². The first-order valence-corrected chi connectivity index (χ1v) is 7.78. The second-order valence-corrected chi connectivity index (χ2v) is 5.25. The number of rotatable bonds is 6. The van der Waals surface area contributed by atoms with Gasteiger partial charge in [0.05, 0.1) is 32.6 Å². The van der Waals surface area contributed by atoms with Crippen LogP contribution in [0.4, 0.5) is 5.69 Å². The van der Waals surface area contributed by atoms with Crippen molar-refractivity contribution in [1.29, 1.82) is 0 Å². The Labute approximate surface area is 146 Å². The van der Waals surface area contributed by atoms with Crippen LogP contribution in [0.1, 0.15) is 33.2 Å². The fourth-order valence-electron chi connectivity index (χ4n) is 2.35. The van der Waals surface area contributed by atoms with E-state index < -0.39 is 5.97 Å². The Bertz CT molecular complexity index is 768. The van der Waals surface area contributed by atoms with Gasteiger partial charge in [-0.15, -0.1) is 0 Å². The molecular weight excluding hydrogens is 322 g/mol. The van der Waals surface area contributed by atoms with Crippen molar-refractivity contribution in [3.05, 3.63) is 53.1 Å². The molecular formula is C19H21NO5. The minimum atomic E-state index is -0.586. The van der Waals surface area contributed by atoms with Crippen LogP contribution in [0.25, 0.3) is 0 Å². The molecule has 0 unspecified atom stereocenters. The Kier molecular flexibility index (Phi) is 6.00. The van der Waals surface area contributed by atoms with Crippen molar-refractivity contribution < 1.29 is 23.8 Å². The quantitative estimate of drug-likeness (QED) is 0.815. The van der Waals surface area contributed by atoms with E-state index in [1.165, 1.54) is 33.5 Å². The Balaban J connectivity index is 2.38. The fraction of sp³-hybridized carbons (Fsp3) is 0.263. The molecule has 0 aliphatic rings. The van der Waals surface area contributed by atoms with Gasteiger partial charge < -0.3 is 19.5 Å². The lowest BCUT2D eigenvalue weighted by atomic mass is 10.1. The molecule has 0 bridgehead atoms. The number of ether oxygens (including phenoxy) is 3. The van der Waals surface area contributed by atoms with Gasteiger partial charge in [0.25, 0.3) is 5.91 Å². The van der Waals surface area contributed by atoms with Crippen LogP contribution in [-0.2, 0) is 11.2 Å². The van der Waals surface area contributed by atoms with Crippen LogP contribution in [-0.4, -0.2) is 33.2 Å². The lowest BCUT2D eigenvalue weighted by Crippen LogP contribution is -2.16. The molecule has 0 aliphatic heterocycles. The van der Waals surface area contributed by atoms with Crippen LogP contribution in [0, 0.1) is 0 Å². The Hall–Kier alpha value is -3.02. The van der Waals surface area contributed by atoms with Gasteiger partial charge in [-0.25, -0.2) is 4.79 Å². The summed E-state index contributed by atoms with van der Waals surface area (Å²) in [5.74, 6) is -0.155. The normalized spacial score (nSPS) is 10.1. The molecule has 6 nitrogen and oxygen atoms in total. The van der Waals surface area contributed by atoms with Crippen LogP contribution < -0.4 is 14.8 Å². The number of carbonyl (C=O) groups is 2. The first-order chi connectivity index (χ1) is 12.0. The minimum absolute atomic E-state index is 0.179. The van der Waals surface area contributed by atoms with Crippen molar-refractivity contribution in [3.8, 4) is 11.5 Å². The summed E-state index contributed by atoms with van der Waals surface area (Å²) in [6.07, 6.45) is 0.893. The van der Waals surface area contributed by atoms with E-state index in [0.717, 1.165) is 12.0 Å². The van der Waals surface area contributed by atoms with E-state index in [9.17, 15) is 9.59 Å². The van der Waals surface area contributed by atoms with E-state index in [-0.39, 0.29) is 17.2 Å². The third-order valence-electron chi connectivity index (χ3n) is 3.80. The first kappa shape index (κ1) is 18.3. The lowest BCUT2D eigenvalue weighted by Gasteiger charge is -2.14. The third kappa shape index (κ3) is 4.09. The molecule has 0 aliphatic carbocycles.